The Morgan fingerprint density at radius 2 is 1.68 bits per heavy atom. The van der Waals surface area contributed by atoms with E-state index in [0.29, 0.717) is 6.54 Å². The van der Waals surface area contributed by atoms with Crippen LogP contribution in [0.4, 0.5) is 5.69 Å². The van der Waals surface area contributed by atoms with Crippen molar-refractivity contribution in [2.75, 3.05) is 37.7 Å². The number of thiazole rings is 1. The fourth-order valence-corrected chi connectivity index (χ4v) is 7.76. The maximum absolute atomic E-state index is 11.4. The minimum Gasteiger partial charge on any atom is -0.850 e. The van der Waals surface area contributed by atoms with E-state index in [0.717, 1.165) is 41.4 Å². The molecule has 0 saturated carbocycles. The average molecular weight is 608 g/mol. The van der Waals surface area contributed by atoms with E-state index in [-0.39, 0.29) is 6.61 Å². The first-order chi connectivity index (χ1) is 20.0. The van der Waals surface area contributed by atoms with Gasteiger partial charge in [0.15, 0.2) is 0 Å². The van der Waals surface area contributed by atoms with Crippen LogP contribution in [-0.4, -0.2) is 37.7 Å². The Morgan fingerprint density at radius 3 is 2.39 bits per heavy atom. The van der Waals surface area contributed by atoms with Crippen LogP contribution in [0.3, 0.4) is 0 Å². The molecule has 1 aliphatic carbocycles. The summed E-state index contributed by atoms with van der Waals surface area (Å²) in [5.41, 5.74) is 4.76. The lowest BCUT2D eigenvalue weighted by Gasteiger charge is -2.19. The number of hydrogen-bond acceptors (Lipinski definition) is 5. The SMILES string of the molecule is CCN(CC)CC.CCN1C(=CC=C2CCCC(C=Cc3sc4ccccc4[n+]3CC[O-])=C2Cl)Sc2ccccc21. The lowest BCUT2D eigenvalue weighted by molar-refractivity contribution is -0.685. The first-order valence-corrected chi connectivity index (χ1v) is 16.8. The number of rotatable bonds is 9. The highest BCUT2D eigenvalue weighted by atomic mass is 35.5. The van der Waals surface area contributed by atoms with Crippen LogP contribution in [-0.2, 0) is 6.54 Å². The molecule has 218 valence electrons. The first kappa shape index (κ1) is 31.6. The standard InChI is InChI=1S/C28H27ClN2OS2.C6H15N/c1-2-30-22-10-3-5-12-24(22)33-26(30)16-14-20-8-7-9-21(28(20)29)15-17-27-31(18-19-32)23-11-4-6-13-25(23)34-27;1-4-7(5-2)6-3/h3-6,10-17H,2,7-9,18-19H2,1H3;4-6H2,1-3H3. The van der Waals surface area contributed by atoms with Gasteiger partial charge < -0.3 is 14.9 Å². The highest BCUT2D eigenvalue weighted by Crippen LogP contribution is 2.45. The maximum Gasteiger partial charge on any atom is 0.262 e. The Bertz CT molecular complexity index is 1430. The van der Waals surface area contributed by atoms with Crippen molar-refractivity contribution in [2.24, 2.45) is 0 Å². The number of benzene rings is 2. The first-order valence-electron chi connectivity index (χ1n) is 14.8. The molecule has 0 spiro atoms. The molecule has 0 N–H and O–H groups in total. The predicted molar refractivity (Wildman–Crippen MR) is 178 cm³/mol. The Kier molecular flexibility index (Phi) is 12.1. The van der Waals surface area contributed by atoms with Gasteiger partial charge in [-0.25, -0.2) is 0 Å². The van der Waals surface area contributed by atoms with Crippen LogP contribution in [0, 0.1) is 0 Å². The third-order valence-electron chi connectivity index (χ3n) is 7.56. The highest BCUT2D eigenvalue weighted by Gasteiger charge is 2.23. The summed E-state index contributed by atoms with van der Waals surface area (Å²) >= 11 is 10.4. The summed E-state index contributed by atoms with van der Waals surface area (Å²) in [5.74, 6) is 0. The van der Waals surface area contributed by atoms with Gasteiger partial charge in [-0.2, -0.15) is 4.57 Å². The number of hydrogen-bond donors (Lipinski definition) is 0. The van der Waals surface area contributed by atoms with E-state index < -0.39 is 0 Å². The van der Waals surface area contributed by atoms with Gasteiger partial charge in [-0.3, -0.25) is 0 Å². The quantitative estimate of drug-likeness (QED) is 0.231. The molecule has 0 atom stereocenters. The number of nitrogens with zero attached hydrogens (tertiary/aromatic N) is 3. The largest absolute Gasteiger partial charge is 0.850 e. The van der Waals surface area contributed by atoms with Crippen LogP contribution in [0.1, 0.15) is 52.0 Å². The molecule has 7 heteroatoms. The summed E-state index contributed by atoms with van der Waals surface area (Å²) < 4.78 is 3.32. The molecule has 1 aromatic heterocycles. The fraction of sp³-hybridized carbons (Fsp3) is 0.382. The zero-order valence-electron chi connectivity index (χ0n) is 24.7. The number of halogens is 1. The van der Waals surface area contributed by atoms with Crippen LogP contribution in [0.5, 0.6) is 0 Å². The number of anilines is 1. The van der Waals surface area contributed by atoms with Crippen LogP contribution in [0.15, 0.2) is 92.9 Å². The molecule has 3 aromatic rings. The van der Waals surface area contributed by atoms with Crippen molar-refractivity contribution >= 4 is 56.7 Å². The van der Waals surface area contributed by atoms with Gasteiger partial charge in [0.2, 0.25) is 5.52 Å². The summed E-state index contributed by atoms with van der Waals surface area (Å²) in [7, 11) is 0. The van der Waals surface area contributed by atoms with Gasteiger partial charge in [0.25, 0.3) is 5.01 Å². The van der Waals surface area contributed by atoms with E-state index in [1.165, 1.54) is 51.1 Å². The summed E-state index contributed by atoms with van der Waals surface area (Å²) in [4.78, 5) is 6.03. The average Bonchev–Trinajstić information content (AvgIpc) is 3.55. The third kappa shape index (κ3) is 7.74. The molecule has 1 aliphatic heterocycles. The molecule has 0 radical (unpaired) electrons. The second kappa shape index (κ2) is 15.8. The third-order valence-corrected chi connectivity index (χ3v) is 10.3. The van der Waals surface area contributed by atoms with Crippen molar-refractivity contribution in [2.45, 2.75) is 58.4 Å². The van der Waals surface area contributed by atoms with Crippen LogP contribution in [0.25, 0.3) is 16.3 Å². The summed E-state index contributed by atoms with van der Waals surface area (Å²) in [6.45, 7) is 13.6. The van der Waals surface area contributed by atoms with E-state index in [1.807, 2.05) is 23.9 Å². The second-order valence-electron chi connectivity index (χ2n) is 9.92. The van der Waals surface area contributed by atoms with E-state index in [4.69, 9.17) is 11.6 Å². The van der Waals surface area contributed by atoms with Gasteiger partial charge in [-0.05, 0) is 81.2 Å². The topological polar surface area (TPSA) is 33.4 Å². The van der Waals surface area contributed by atoms with Crippen molar-refractivity contribution in [3.05, 3.63) is 93.0 Å². The molecule has 0 amide bonds. The number of fused-ring (bicyclic) bond motifs is 2. The van der Waals surface area contributed by atoms with Crippen molar-refractivity contribution < 1.29 is 9.67 Å². The molecule has 5 rings (SSSR count). The fourth-order valence-electron chi connectivity index (χ4n) is 5.22. The maximum atomic E-state index is 11.4. The Balaban J connectivity index is 0.000000493. The predicted octanol–water partition coefficient (Wildman–Crippen LogP) is 7.99. The van der Waals surface area contributed by atoms with Crippen molar-refractivity contribution in [3.8, 4) is 0 Å². The van der Waals surface area contributed by atoms with Crippen molar-refractivity contribution in [3.63, 3.8) is 0 Å². The smallest absolute Gasteiger partial charge is 0.262 e. The number of para-hydroxylation sites is 2. The molecule has 0 saturated heterocycles. The van der Waals surface area contributed by atoms with Gasteiger partial charge in [0.05, 0.1) is 10.7 Å². The molecule has 0 fully saturated rings. The lowest BCUT2D eigenvalue weighted by atomic mass is 9.94. The lowest BCUT2D eigenvalue weighted by Crippen LogP contribution is -2.39. The Labute approximate surface area is 259 Å². The summed E-state index contributed by atoms with van der Waals surface area (Å²) in [6, 6.07) is 16.8. The van der Waals surface area contributed by atoms with Gasteiger partial charge >= 0.3 is 0 Å². The molecule has 2 aromatic carbocycles. The monoisotopic (exact) mass is 607 g/mol. The van der Waals surface area contributed by atoms with Crippen molar-refractivity contribution in [1.29, 1.82) is 0 Å². The normalized spacial score (nSPS) is 17.3. The number of aromatic nitrogens is 1. The molecule has 2 heterocycles. The van der Waals surface area contributed by atoms with Gasteiger partial charge in [-0.15, -0.1) is 0 Å². The highest BCUT2D eigenvalue weighted by molar-refractivity contribution is 8.03. The summed E-state index contributed by atoms with van der Waals surface area (Å²) in [6.07, 6.45) is 11.7. The van der Waals surface area contributed by atoms with E-state index in [9.17, 15) is 5.11 Å². The zero-order valence-corrected chi connectivity index (χ0v) is 27.1. The van der Waals surface area contributed by atoms with Crippen LogP contribution < -0.4 is 14.6 Å². The summed E-state index contributed by atoms with van der Waals surface area (Å²) in [5, 5.41) is 14.6. The molecule has 0 bridgehead atoms. The molecule has 41 heavy (non-hydrogen) atoms. The van der Waals surface area contributed by atoms with E-state index >= 15 is 0 Å². The zero-order chi connectivity index (χ0) is 29.2. The van der Waals surface area contributed by atoms with Gasteiger partial charge in [0, 0.05) is 28.6 Å². The van der Waals surface area contributed by atoms with Crippen LogP contribution in [0.2, 0.25) is 0 Å². The van der Waals surface area contributed by atoms with Gasteiger partial charge in [0.1, 0.15) is 11.2 Å². The molecule has 2 aliphatic rings. The van der Waals surface area contributed by atoms with Crippen molar-refractivity contribution in [1.82, 2.24) is 4.90 Å². The van der Waals surface area contributed by atoms with E-state index in [2.05, 4.69) is 103 Å². The molecular weight excluding hydrogens is 566 g/mol. The minimum absolute atomic E-state index is 0.131. The molecule has 4 nitrogen and oxygen atoms in total. The number of allylic oxidation sites excluding steroid dienone is 6. The molecule has 0 unspecified atom stereocenters. The Morgan fingerprint density at radius 1 is 0.951 bits per heavy atom. The van der Waals surface area contributed by atoms with E-state index in [1.54, 1.807) is 11.3 Å². The minimum atomic E-state index is -0.131. The Hall–Kier alpha value is -2.35. The molecular formula is C34H42ClN3OS2. The van der Waals surface area contributed by atoms with Gasteiger partial charge in [-0.1, -0.05) is 98.5 Å². The number of thioether (sulfide) groups is 1. The van der Waals surface area contributed by atoms with Crippen LogP contribution >= 0.6 is 34.7 Å². The second-order valence-corrected chi connectivity index (χ2v) is 12.4.